The SMILES string of the molecule is CC[C@H](C)[C@H](NC(=O)CNC(=O)[C@H](CCCNC(=N)N)NC(=O)[C@H](CO)NC(=O)[C@H](CCCNC(=N)N)NC(=O)[C@H](CCCNC(=N)N)NC(=O)[C@H](CO)NC(=O)[C@@H](NC(=O)[C@H](CCCNC(=N)N)NC(=O)[C@@H](N)CO)C(C)C)C(=O)N[C@H](C(=O)N[C@@H](CCC(=O)O)C(=O)N[C@@H](CCC(=O)O)C(=O)N[C@@H](CS)C(=O)N[C@@H](CS)C(=O)N[C@@H](Cc1ccccc1)C(=O)O)C(C)C. The average Bonchev–Trinajstić information content (AvgIpc) is 0.851. The molecule has 0 bridgehead atoms. The Hall–Kier alpha value is -12.7. The standard InChI is InChI=1S/C76H130N28O24S2/c1-7-38(6)57(71(126)104-56(37(4)5)69(124)96-46(22-24-54(111)112)62(117)95-45(21-23-53(109)110)63(118)100-51(35-130)68(123)101-50(34-129)67(122)97-47(72(127)128)29-39-15-9-8-10-16-39)102-52(108)30-90-59(114)41(17-11-25-86-73(78)79)92-65(120)48(32-106)98-61(116)43(19-13-27-88-75(82)83)93-60(115)42(18-12-26-87-74(80)81)94-66(121)49(33-107)99-70(125)55(36(2)3)103-64(119)44(20-14-28-89-76(84)85)91-58(113)40(77)31-105/h8-10,15-16,36-38,40-51,55-57,105-107,129-130H,7,11-14,17-35,77H2,1-6H3,(H,90,114)(H,91,113)(H,92,120)(H,93,115)(H,94,121)(H,95,117)(H,96,124)(H,97,122)(H,98,116)(H,99,125)(H,100,118)(H,101,123)(H,102,108)(H,103,119)(H,104,126)(H,109,110)(H,111,112)(H,127,128)(H4,78,79,86)(H4,80,81,87)(H4,82,83,88)(H4,84,85,89)/t38-,40-,41-,42-,43-,44-,45-,46-,47-,48-,49-,50-,51-,55-,56-,57-/m0/s1. The molecule has 52 nitrogen and oxygen atoms in total. The normalized spacial score (nSPS) is 14.7. The predicted molar refractivity (Wildman–Crippen MR) is 474 cm³/mol. The first-order chi connectivity index (χ1) is 61.2. The molecule has 0 saturated carbocycles. The molecule has 54 heteroatoms. The van der Waals surface area contributed by atoms with Crippen molar-refractivity contribution >= 4 is 156 Å². The minimum atomic E-state index is -1.96. The highest BCUT2D eigenvalue weighted by atomic mass is 32.1. The van der Waals surface area contributed by atoms with Gasteiger partial charge in [0.15, 0.2) is 23.8 Å². The molecular weight excluding hydrogens is 1750 g/mol. The molecule has 1 rings (SSSR count). The van der Waals surface area contributed by atoms with Crippen LogP contribution in [0.5, 0.6) is 0 Å². The van der Waals surface area contributed by atoms with Crippen molar-refractivity contribution in [1.29, 1.82) is 21.6 Å². The number of nitrogens with two attached hydrogens (primary N) is 5. The Bertz CT molecular complexity index is 4010. The second-order valence-electron chi connectivity index (χ2n) is 30.6. The summed E-state index contributed by atoms with van der Waals surface area (Å²) in [6.45, 7) is 4.88. The van der Waals surface area contributed by atoms with Gasteiger partial charge in [-0.15, -0.1) is 0 Å². The van der Waals surface area contributed by atoms with Crippen molar-refractivity contribution in [3.63, 3.8) is 0 Å². The van der Waals surface area contributed by atoms with Crippen LogP contribution >= 0.6 is 25.3 Å². The van der Waals surface area contributed by atoms with Crippen molar-refractivity contribution in [3.05, 3.63) is 35.9 Å². The number of amides is 15. The number of nitrogens with one attached hydrogen (secondary N) is 23. The molecule has 0 radical (unpaired) electrons. The maximum absolute atomic E-state index is 14.5. The van der Waals surface area contributed by atoms with E-state index in [1.165, 1.54) is 34.6 Å². The molecule has 0 aliphatic carbocycles. The molecule has 1 aromatic carbocycles. The number of hydrogen-bond acceptors (Lipinski definition) is 28. The molecule has 0 unspecified atom stereocenters. The van der Waals surface area contributed by atoms with Crippen LogP contribution in [0.4, 0.5) is 0 Å². The highest BCUT2D eigenvalue weighted by molar-refractivity contribution is 7.80. The lowest BCUT2D eigenvalue weighted by atomic mass is 9.96. The second kappa shape index (κ2) is 61.7. The van der Waals surface area contributed by atoms with Gasteiger partial charge in [0.05, 0.1) is 26.4 Å². The van der Waals surface area contributed by atoms with E-state index < -0.39 is 291 Å². The number of benzene rings is 1. The van der Waals surface area contributed by atoms with Gasteiger partial charge in [-0.25, -0.2) is 4.79 Å². The van der Waals surface area contributed by atoms with Gasteiger partial charge >= 0.3 is 17.9 Å². The molecule has 0 aliphatic heterocycles. The van der Waals surface area contributed by atoms with Crippen LogP contribution in [0.15, 0.2) is 30.3 Å². The zero-order chi connectivity index (χ0) is 98.6. The summed E-state index contributed by atoms with van der Waals surface area (Å²) >= 11 is 8.26. The highest BCUT2D eigenvalue weighted by Crippen LogP contribution is 2.15. The molecule has 39 N–H and O–H groups in total. The van der Waals surface area contributed by atoms with Gasteiger partial charge in [0.25, 0.3) is 0 Å². The summed E-state index contributed by atoms with van der Waals surface area (Å²) in [4.78, 5) is 245. The summed E-state index contributed by atoms with van der Waals surface area (Å²) in [5.74, 6) is -25.8. The van der Waals surface area contributed by atoms with E-state index in [0.29, 0.717) is 5.56 Å². The molecule has 15 amide bonds. The summed E-state index contributed by atoms with van der Waals surface area (Å²) in [6, 6.07) is -16.2. The minimum Gasteiger partial charge on any atom is -0.481 e. The number of thiol groups is 2. The Kier molecular flexibility index (Phi) is 54.7. The number of aliphatic hydroxyl groups is 3. The lowest BCUT2D eigenvalue weighted by Gasteiger charge is -2.29. The van der Waals surface area contributed by atoms with Crippen molar-refractivity contribution in [3.8, 4) is 0 Å². The number of carboxylic acids is 3. The Morgan fingerprint density at radius 1 is 0.346 bits per heavy atom. The number of aliphatic hydroxyl groups excluding tert-OH is 3. The molecule has 0 heterocycles. The Balaban J connectivity index is 3.60. The quantitative estimate of drug-likeness (QED) is 0.0125. The number of carbonyl (C=O) groups is 18. The van der Waals surface area contributed by atoms with E-state index in [-0.39, 0.29) is 102 Å². The number of hydrogen-bond donors (Lipinski definition) is 36. The van der Waals surface area contributed by atoms with Crippen molar-refractivity contribution in [2.75, 3.05) is 64.1 Å². The van der Waals surface area contributed by atoms with Gasteiger partial charge in [0, 0.05) is 56.9 Å². The lowest BCUT2D eigenvalue weighted by molar-refractivity contribution is -0.142. The van der Waals surface area contributed by atoms with Crippen LogP contribution in [0, 0.1) is 39.4 Å². The summed E-state index contributed by atoms with van der Waals surface area (Å²) in [5.41, 5.74) is 28.0. The van der Waals surface area contributed by atoms with E-state index in [2.05, 4.69) is 126 Å². The van der Waals surface area contributed by atoms with Gasteiger partial charge in [-0.05, 0) is 87.5 Å². The van der Waals surface area contributed by atoms with Crippen LogP contribution in [-0.2, 0) is 92.7 Å². The van der Waals surface area contributed by atoms with Gasteiger partial charge in [-0.1, -0.05) is 78.3 Å². The number of carbonyl (C=O) groups excluding carboxylic acids is 15. The maximum Gasteiger partial charge on any atom is 0.326 e. The first-order valence-corrected chi connectivity index (χ1v) is 42.8. The summed E-state index contributed by atoms with van der Waals surface area (Å²) in [6.07, 6.45) is -3.97. The summed E-state index contributed by atoms with van der Waals surface area (Å²) in [7, 11) is 0. The Labute approximate surface area is 760 Å². The van der Waals surface area contributed by atoms with E-state index >= 15 is 0 Å². The first kappa shape index (κ1) is 115. The van der Waals surface area contributed by atoms with Crippen molar-refractivity contribution < 1.29 is 117 Å². The topological polar surface area (TPSA) is 883 Å². The molecule has 1 aromatic rings. The number of rotatable bonds is 64. The van der Waals surface area contributed by atoms with Gasteiger partial charge in [-0.3, -0.25) is 103 Å². The van der Waals surface area contributed by atoms with Crippen LogP contribution in [0.3, 0.4) is 0 Å². The van der Waals surface area contributed by atoms with E-state index in [0.717, 1.165) is 0 Å². The fourth-order valence-electron chi connectivity index (χ4n) is 11.9. The smallest absolute Gasteiger partial charge is 0.326 e. The zero-order valence-electron chi connectivity index (χ0n) is 73.1. The second-order valence-corrected chi connectivity index (χ2v) is 31.4. The van der Waals surface area contributed by atoms with Gasteiger partial charge in [-0.2, -0.15) is 25.3 Å². The molecular formula is C76H130N28O24S2. The number of guanidine groups is 4. The lowest BCUT2D eigenvalue weighted by Crippen LogP contribution is -2.61. The number of aliphatic carboxylic acids is 3. The van der Waals surface area contributed by atoms with Crippen LogP contribution < -0.4 is 130 Å². The van der Waals surface area contributed by atoms with Gasteiger partial charge in [0.1, 0.15) is 90.6 Å². The molecule has 0 aromatic heterocycles. The Morgan fingerprint density at radius 3 is 0.954 bits per heavy atom. The fraction of sp³-hybridized carbons (Fsp3) is 0.632. The van der Waals surface area contributed by atoms with Crippen LogP contribution in [-0.4, -0.2) is 316 Å². The molecule has 0 spiro atoms. The largest absolute Gasteiger partial charge is 0.481 e. The first-order valence-electron chi connectivity index (χ1n) is 41.5. The van der Waals surface area contributed by atoms with Crippen LogP contribution in [0.25, 0.3) is 0 Å². The van der Waals surface area contributed by atoms with Crippen molar-refractivity contribution in [2.45, 2.75) is 222 Å². The third-order valence-electron chi connectivity index (χ3n) is 19.5. The monoisotopic (exact) mass is 1880 g/mol. The van der Waals surface area contributed by atoms with Crippen LogP contribution in [0.1, 0.15) is 131 Å². The van der Waals surface area contributed by atoms with E-state index in [1.54, 1.807) is 37.3 Å². The van der Waals surface area contributed by atoms with E-state index in [1.807, 2.05) is 0 Å². The number of carboxylic acid groups (broad SMARTS) is 3. The highest BCUT2D eigenvalue weighted by Gasteiger charge is 2.40. The molecule has 130 heavy (non-hydrogen) atoms. The van der Waals surface area contributed by atoms with Gasteiger partial charge < -0.3 is 160 Å². The third-order valence-corrected chi connectivity index (χ3v) is 20.2. The molecule has 16 atom stereocenters. The van der Waals surface area contributed by atoms with E-state index in [9.17, 15) is 117 Å². The minimum absolute atomic E-state index is 0.0429. The Morgan fingerprint density at radius 2 is 0.631 bits per heavy atom. The van der Waals surface area contributed by atoms with Crippen molar-refractivity contribution in [2.24, 2.45) is 46.4 Å². The summed E-state index contributed by atoms with van der Waals surface area (Å²) in [5, 5.41) is 136. The molecule has 0 aliphatic rings. The zero-order valence-corrected chi connectivity index (χ0v) is 74.9. The van der Waals surface area contributed by atoms with E-state index in [4.69, 9.17) is 50.3 Å². The average molecular weight is 1880 g/mol. The van der Waals surface area contributed by atoms with Gasteiger partial charge in [0.2, 0.25) is 88.6 Å². The van der Waals surface area contributed by atoms with Crippen molar-refractivity contribution in [1.82, 2.24) is 101 Å². The van der Waals surface area contributed by atoms with Crippen LogP contribution in [0.2, 0.25) is 0 Å². The molecule has 0 fully saturated rings. The fourth-order valence-corrected chi connectivity index (χ4v) is 12.5. The summed E-state index contributed by atoms with van der Waals surface area (Å²) < 4.78 is 0. The predicted octanol–water partition coefficient (Wildman–Crippen LogP) is -11.5. The molecule has 0 saturated heterocycles. The molecule has 730 valence electrons. The maximum atomic E-state index is 14.5. The third kappa shape index (κ3) is 45.3.